The number of nitrogens with one attached hydrogen (secondary N) is 1. The summed E-state index contributed by atoms with van der Waals surface area (Å²) in [4.78, 5) is 43.2. The van der Waals surface area contributed by atoms with Crippen LogP contribution in [0.15, 0.2) is 6.07 Å². The van der Waals surface area contributed by atoms with E-state index in [2.05, 4.69) is 17.3 Å². The Bertz CT molecular complexity index is 851. The molecule has 170 valence electrons. The molecule has 0 radical (unpaired) electrons. The van der Waals surface area contributed by atoms with E-state index in [9.17, 15) is 14.4 Å². The molecule has 1 saturated carbocycles. The topological polar surface area (TPSA) is 87.5 Å². The van der Waals surface area contributed by atoms with Crippen molar-refractivity contribution in [3.05, 3.63) is 17.5 Å². The predicted octanol–water partition coefficient (Wildman–Crippen LogP) is 2.44. The quantitative estimate of drug-likeness (QED) is 0.779. The fourth-order valence-corrected chi connectivity index (χ4v) is 5.10. The van der Waals surface area contributed by atoms with E-state index in [-0.39, 0.29) is 30.3 Å². The zero-order valence-electron chi connectivity index (χ0n) is 19.0. The molecule has 3 aliphatic rings. The highest BCUT2D eigenvalue weighted by Gasteiger charge is 2.48. The van der Waals surface area contributed by atoms with Crippen molar-refractivity contribution in [2.24, 2.45) is 5.92 Å². The summed E-state index contributed by atoms with van der Waals surface area (Å²) in [5.74, 6) is 0.152. The van der Waals surface area contributed by atoms with Crippen LogP contribution in [0.25, 0.3) is 0 Å². The smallest absolute Gasteiger partial charge is 0.274 e. The normalized spacial score (nSPS) is 25.1. The van der Waals surface area contributed by atoms with Crippen LogP contribution in [0.2, 0.25) is 0 Å². The van der Waals surface area contributed by atoms with Crippen LogP contribution in [0.1, 0.15) is 86.7 Å². The SMILES string of the molecule is CCCN1C(=O)c2cc(C(=O)N3CCC(C)CC3)nn2C[C@@]1(C)C(=O)NC1CCCC1. The standard InChI is InChI=1S/C23H35N5O3/c1-4-11-27-21(30)19-14-18(20(29)26-12-9-16(2)10-13-26)25-28(19)15-23(27,3)22(31)24-17-7-5-6-8-17/h14,16-17H,4-13,15H2,1-3H3,(H,24,31)/t23-/m0/s1. The molecule has 8 nitrogen and oxygen atoms in total. The van der Waals surface area contributed by atoms with E-state index in [0.29, 0.717) is 23.9 Å². The molecule has 1 N–H and O–H groups in total. The van der Waals surface area contributed by atoms with Gasteiger partial charge in [-0.2, -0.15) is 5.10 Å². The number of aromatic nitrogens is 2. The molecule has 1 aliphatic carbocycles. The average molecular weight is 430 g/mol. The van der Waals surface area contributed by atoms with Crippen molar-refractivity contribution in [3.63, 3.8) is 0 Å². The molecule has 0 aromatic carbocycles. The van der Waals surface area contributed by atoms with Crippen molar-refractivity contribution in [3.8, 4) is 0 Å². The van der Waals surface area contributed by atoms with Crippen LogP contribution in [0.4, 0.5) is 0 Å². The number of rotatable bonds is 5. The molecule has 8 heteroatoms. The van der Waals surface area contributed by atoms with E-state index in [0.717, 1.165) is 58.0 Å². The summed E-state index contributed by atoms with van der Waals surface area (Å²) >= 11 is 0. The number of hydrogen-bond acceptors (Lipinski definition) is 4. The first kappa shape index (κ1) is 21.8. The van der Waals surface area contributed by atoms with E-state index in [4.69, 9.17) is 0 Å². The summed E-state index contributed by atoms with van der Waals surface area (Å²) in [6.45, 7) is 8.22. The lowest BCUT2D eigenvalue weighted by molar-refractivity contribution is -0.133. The second kappa shape index (κ2) is 8.63. The van der Waals surface area contributed by atoms with Gasteiger partial charge in [-0.25, -0.2) is 0 Å². The molecule has 2 fully saturated rings. The number of likely N-dealkylation sites (tertiary alicyclic amines) is 1. The van der Waals surface area contributed by atoms with Crippen molar-refractivity contribution in [1.29, 1.82) is 0 Å². The zero-order valence-corrected chi connectivity index (χ0v) is 19.0. The molecule has 31 heavy (non-hydrogen) atoms. The maximum Gasteiger partial charge on any atom is 0.274 e. The van der Waals surface area contributed by atoms with Crippen LogP contribution in [0, 0.1) is 5.92 Å². The summed E-state index contributed by atoms with van der Waals surface area (Å²) in [6, 6.07) is 1.79. The molecule has 4 rings (SSSR count). The Morgan fingerprint density at radius 1 is 1.19 bits per heavy atom. The van der Waals surface area contributed by atoms with Gasteiger partial charge in [0.25, 0.3) is 11.8 Å². The minimum Gasteiger partial charge on any atom is -0.351 e. The fraction of sp³-hybridized carbons (Fsp3) is 0.739. The van der Waals surface area contributed by atoms with E-state index >= 15 is 0 Å². The van der Waals surface area contributed by atoms with Gasteiger partial charge in [-0.15, -0.1) is 0 Å². The number of nitrogens with zero attached hydrogens (tertiary/aromatic N) is 4. The van der Waals surface area contributed by atoms with Gasteiger partial charge in [-0.1, -0.05) is 26.7 Å². The van der Waals surface area contributed by atoms with Crippen LogP contribution in [0.5, 0.6) is 0 Å². The van der Waals surface area contributed by atoms with Crippen molar-refractivity contribution >= 4 is 17.7 Å². The average Bonchev–Trinajstić information content (AvgIpc) is 3.41. The van der Waals surface area contributed by atoms with Crippen LogP contribution in [0.3, 0.4) is 0 Å². The summed E-state index contributed by atoms with van der Waals surface area (Å²) in [7, 11) is 0. The van der Waals surface area contributed by atoms with Gasteiger partial charge in [-0.3, -0.25) is 19.1 Å². The maximum atomic E-state index is 13.4. The zero-order chi connectivity index (χ0) is 22.2. The summed E-state index contributed by atoms with van der Waals surface area (Å²) in [5, 5.41) is 7.66. The lowest BCUT2D eigenvalue weighted by Gasteiger charge is -2.43. The Morgan fingerprint density at radius 3 is 2.52 bits per heavy atom. The molecule has 1 atom stereocenters. The monoisotopic (exact) mass is 429 g/mol. The first-order valence-electron chi connectivity index (χ1n) is 11.8. The third kappa shape index (κ3) is 4.08. The second-order valence-corrected chi connectivity index (χ2v) is 9.73. The van der Waals surface area contributed by atoms with Crippen LogP contribution < -0.4 is 5.32 Å². The lowest BCUT2D eigenvalue weighted by Crippen LogP contribution is -2.65. The first-order valence-corrected chi connectivity index (χ1v) is 11.8. The summed E-state index contributed by atoms with van der Waals surface area (Å²) in [5.41, 5.74) is -0.321. The minimum atomic E-state index is -1.02. The largest absolute Gasteiger partial charge is 0.351 e. The predicted molar refractivity (Wildman–Crippen MR) is 117 cm³/mol. The van der Waals surface area contributed by atoms with Crippen LogP contribution in [-0.4, -0.2) is 68.5 Å². The van der Waals surface area contributed by atoms with Gasteiger partial charge in [0.15, 0.2) is 5.69 Å². The van der Waals surface area contributed by atoms with Gasteiger partial charge in [0, 0.05) is 31.7 Å². The maximum absolute atomic E-state index is 13.4. The number of carbonyl (C=O) groups excluding carboxylic acids is 3. The Hall–Kier alpha value is -2.38. The number of carbonyl (C=O) groups is 3. The van der Waals surface area contributed by atoms with Crippen LogP contribution in [-0.2, 0) is 11.3 Å². The third-order valence-electron chi connectivity index (χ3n) is 7.21. The number of hydrogen-bond donors (Lipinski definition) is 1. The highest BCUT2D eigenvalue weighted by molar-refractivity contribution is 6.02. The molecule has 3 heterocycles. The van der Waals surface area contributed by atoms with E-state index in [1.165, 1.54) is 0 Å². The summed E-state index contributed by atoms with van der Waals surface area (Å²) < 4.78 is 1.57. The molecule has 2 aliphatic heterocycles. The Labute approximate surface area is 184 Å². The molecule has 1 aromatic heterocycles. The van der Waals surface area contributed by atoms with Gasteiger partial charge in [0.05, 0.1) is 6.54 Å². The highest BCUT2D eigenvalue weighted by atomic mass is 16.2. The van der Waals surface area contributed by atoms with Crippen molar-refractivity contribution < 1.29 is 14.4 Å². The van der Waals surface area contributed by atoms with Crippen molar-refractivity contribution in [2.45, 2.75) is 83.8 Å². The van der Waals surface area contributed by atoms with E-state index in [1.54, 1.807) is 15.6 Å². The molecule has 1 aromatic rings. The summed E-state index contributed by atoms with van der Waals surface area (Å²) in [6.07, 6.45) is 6.97. The fourth-order valence-electron chi connectivity index (χ4n) is 5.10. The van der Waals surface area contributed by atoms with E-state index < -0.39 is 5.54 Å². The molecule has 0 unspecified atom stereocenters. The Kier molecular flexibility index (Phi) is 6.08. The molecule has 0 spiro atoms. The molecule has 3 amide bonds. The van der Waals surface area contributed by atoms with Crippen molar-refractivity contribution in [2.75, 3.05) is 19.6 Å². The minimum absolute atomic E-state index is 0.124. The van der Waals surface area contributed by atoms with Crippen LogP contribution >= 0.6 is 0 Å². The van der Waals surface area contributed by atoms with Gasteiger partial charge in [-0.05, 0) is 44.9 Å². The number of fused-ring (bicyclic) bond motifs is 1. The molecular formula is C23H35N5O3. The first-order chi connectivity index (χ1) is 14.8. The highest BCUT2D eigenvalue weighted by Crippen LogP contribution is 2.29. The Morgan fingerprint density at radius 2 is 1.87 bits per heavy atom. The van der Waals surface area contributed by atoms with Gasteiger partial charge in [0.2, 0.25) is 5.91 Å². The van der Waals surface area contributed by atoms with Gasteiger partial charge in [0.1, 0.15) is 11.2 Å². The van der Waals surface area contributed by atoms with Gasteiger partial charge >= 0.3 is 0 Å². The number of piperidine rings is 1. The van der Waals surface area contributed by atoms with E-state index in [1.807, 2.05) is 18.7 Å². The third-order valence-corrected chi connectivity index (χ3v) is 7.21. The molecule has 0 bridgehead atoms. The van der Waals surface area contributed by atoms with Gasteiger partial charge < -0.3 is 15.1 Å². The number of amides is 3. The second-order valence-electron chi connectivity index (χ2n) is 9.73. The molecular weight excluding hydrogens is 394 g/mol. The molecule has 1 saturated heterocycles. The lowest BCUT2D eigenvalue weighted by atomic mass is 9.94. The van der Waals surface area contributed by atoms with Crippen molar-refractivity contribution in [1.82, 2.24) is 24.9 Å². The Balaban J connectivity index is 1.58.